The molecule has 0 unspecified atom stereocenters. The van der Waals surface area contributed by atoms with E-state index in [1.165, 1.54) is 13.2 Å². The smallest absolute Gasteiger partial charge is 0.335 e. The Kier molecular flexibility index (Phi) is 7.14. The van der Waals surface area contributed by atoms with Gasteiger partial charge in [0.05, 0.1) is 17.3 Å². The SMILES string of the molecule is COc1cc(/C=C2\C(=O)NC(=O)N(c3cccc(Br)c3)C2=O)cc(Br)c1OCc1ccccc1. The zero-order chi connectivity index (χ0) is 24.2. The molecule has 3 aromatic carbocycles. The zero-order valence-corrected chi connectivity index (χ0v) is 21.1. The Morgan fingerprint density at radius 2 is 1.74 bits per heavy atom. The highest BCUT2D eigenvalue weighted by Gasteiger charge is 2.37. The number of nitrogens with zero attached hydrogens (tertiary/aromatic N) is 1. The lowest BCUT2D eigenvalue weighted by atomic mass is 10.1. The number of benzene rings is 3. The average molecular weight is 586 g/mol. The third-order valence-electron chi connectivity index (χ3n) is 4.96. The molecule has 7 nitrogen and oxygen atoms in total. The van der Waals surface area contributed by atoms with E-state index in [-0.39, 0.29) is 5.57 Å². The molecule has 0 bridgehead atoms. The van der Waals surface area contributed by atoms with Crippen LogP contribution in [-0.2, 0) is 16.2 Å². The number of nitrogens with one attached hydrogen (secondary N) is 1. The topological polar surface area (TPSA) is 84.9 Å². The number of ether oxygens (including phenoxy) is 2. The monoisotopic (exact) mass is 584 g/mol. The largest absolute Gasteiger partial charge is 0.493 e. The van der Waals surface area contributed by atoms with E-state index < -0.39 is 17.8 Å². The minimum Gasteiger partial charge on any atom is -0.493 e. The van der Waals surface area contributed by atoms with Gasteiger partial charge in [-0.25, -0.2) is 9.69 Å². The van der Waals surface area contributed by atoms with E-state index in [4.69, 9.17) is 9.47 Å². The molecule has 1 aliphatic rings. The maximum absolute atomic E-state index is 13.1. The summed E-state index contributed by atoms with van der Waals surface area (Å²) in [4.78, 5) is 38.9. The number of hydrogen-bond acceptors (Lipinski definition) is 5. The Bertz CT molecular complexity index is 1310. The fourth-order valence-electron chi connectivity index (χ4n) is 3.37. The fraction of sp³-hybridized carbons (Fsp3) is 0.0800. The number of barbiturate groups is 1. The number of carbonyl (C=O) groups is 3. The van der Waals surface area contributed by atoms with Gasteiger partial charge in [-0.05, 0) is 63.5 Å². The van der Waals surface area contributed by atoms with E-state index in [1.54, 1.807) is 36.4 Å². The molecule has 0 aromatic heterocycles. The lowest BCUT2D eigenvalue weighted by Gasteiger charge is -2.26. The molecule has 1 heterocycles. The van der Waals surface area contributed by atoms with Gasteiger partial charge in [0.15, 0.2) is 11.5 Å². The Morgan fingerprint density at radius 1 is 0.971 bits per heavy atom. The van der Waals surface area contributed by atoms with Gasteiger partial charge in [-0.15, -0.1) is 0 Å². The van der Waals surface area contributed by atoms with Crippen LogP contribution in [-0.4, -0.2) is 25.0 Å². The molecular formula is C25H18Br2N2O5. The van der Waals surface area contributed by atoms with Gasteiger partial charge < -0.3 is 9.47 Å². The van der Waals surface area contributed by atoms with Gasteiger partial charge in [0.1, 0.15) is 12.2 Å². The second-order valence-electron chi connectivity index (χ2n) is 7.25. The summed E-state index contributed by atoms with van der Waals surface area (Å²) in [5, 5.41) is 2.22. The molecule has 4 rings (SSSR count). The van der Waals surface area contributed by atoms with Crippen molar-refractivity contribution in [3.8, 4) is 11.5 Å². The number of methoxy groups -OCH3 is 1. The number of urea groups is 1. The summed E-state index contributed by atoms with van der Waals surface area (Å²) in [5.41, 5.74) is 1.65. The number of halogens is 2. The van der Waals surface area contributed by atoms with Crippen molar-refractivity contribution >= 4 is 61.5 Å². The number of carbonyl (C=O) groups excluding carboxylic acids is 3. The van der Waals surface area contributed by atoms with Crippen molar-refractivity contribution in [1.82, 2.24) is 5.32 Å². The van der Waals surface area contributed by atoms with Crippen molar-refractivity contribution in [3.05, 3.63) is 92.4 Å². The third-order valence-corrected chi connectivity index (χ3v) is 6.04. The molecular weight excluding hydrogens is 568 g/mol. The Labute approximate surface area is 212 Å². The molecule has 0 radical (unpaired) electrons. The molecule has 172 valence electrons. The lowest BCUT2D eigenvalue weighted by Crippen LogP contribution is -2.54. The molecule has 1 fully saturated rings. The molecule has 9 heteroatoms. The van der Waals surface area contributed by atoms with Crippen LogP contribution in [0.15, 0.2) is 81.2 Å². The average Bonchev–Trinajstić information content (AvgIpc) is 2.81. The molecule has 1 saturated heterocycles. The Morgan fingerprint density at radius 3 is 2.44 bits per heavy atom. The van der Waals surface area contributed by atoms with Gasteiger partial charge in [-0.1, -0.05) is 52.3 Å². The van der Waals surface area contributed by atoms with Gasteiger partial charge in [-0.2, -0.15) is 0 Å². The van der Waals surface area contributed by atoms with Crippen molar-refractivity contribution < 1.29 is 23.9 Å². The molecule has 0 spiro atoms. The van der Waals surface area contributed by atoms with E-state index >= 15 is 0 Å². The number of rotatable bonds is 6. The van der Waals surface area contributed by atoms with Crippen molar-refractivity contribution in [1.29, 1.82) is 0 Å². The van der Waals surface area contributed by atoms with Crippen molar-refractivity contribution in [2.24, 2.45) is 0 Å². The molecule has 0 saturated carbocycles. The summed E-state index contributed by atoms with van der Waals surface area (Å²) in [7, 11) is 1.50. The van der Waals surface area contributed by atoms with Crippen LogP contribution in [0, 0.1) is 0 Å². The Hall–Kier alpha value is -3.43. The molecule has 34 heavy (non-hydrogen) atoms. The van der Waals surface area contributed by atoms with Crippen LogP contribution in [0.5, 0.6) is 11.5 Å². The highest BCUT2D eigenvalue weighted by molar-refractivity contribution is 9.10. The quantitative estimate of drug-likeness (QED) is 0.306. The molecule has 0 aliphatic carbocycles. The van der Waals surface area contributed by atoms with Crippen molar-refractivity contribution in [3.63, 3.8) is 0 Å². The summed E-state index contributed by atoms with van der Waals surface area (Å²) >= 11 is 6.81. The van der Waals surface area contributed by atoms with Crippen LogP contribution in [0.25, 0.3) is 6.08 Å². The van der Waals surface area contributed by atoms with Crippen LogP contribution in [0.2, 0.25) is 0 Å². The standard InChI is InChI=1S/C25H18Br2N2O5/c1-33-21-12-16(11-20(27)22(21)34-14-15-6-3-2-4-7-15)10-19-23(30)28-25(32)29(24(19)31)18-9-5-8-17(26)13-18/h2-13H,14H2,1H3,(H,28,30,32)/b19-10+. The van der Waals surface area contributed by atoms with E-state index in [0.717, 1.165) is 10.5 Å². The normalized spacial score (nSPS) is 14.9. The first kappa shape index (κ1) is 23.7. The fourth-order valence-corrected chi connectivity index (χ4v) is 4.33. The molecule has 3 aromatic rings. The summed E-state index contributed by atoms with van der Waals surface area (Å²) in [6, 6.07) is 18.9. The second-order valence-corrected chi connectivity index (χ2v) is 9.02. The molecule has 1 N–H and O–H groups in total. The second kappa shape index (κ2) is 10.2. The Balaban J connectivity index is 1.65. The molecule has 4 amide bonds. The highest BCUT2D eigenvalue weighted by Crippen LogP contribution is 2.38. The number of hydrogen-bond donors (Lipinski definition) is 1. The summed E-state index contributed by atoms with van der Waals surface area (Å²) in [6.07, 6.45) is 1.41. The highest BCUT2D eigenvalue weighted by atomic mass is 79.9. The van der Waals surface area contributed by atoms with E-state index in [1.807, 2.05) is 30.3 Å². The maximum Gasteiger partial charge on any atom is 0.335 e. The number of amides is 4. The maximum atomic E-state index is 13.1. The minimum absolute atomic E-state index is 0.188. The molecule has 0 atom stereocenters. The van der Waals surface area contributed by atoms with Gasteiger partial charge in [0.25, 0.3) is 11.8 Å². The van der Waals surface area contributed by atoms with Crippen LogP contribution >= 0.6 is 31.9 Å². The minimum atomic E-state index is -0.811. The van der Waals surface area contributed by atoms with E-state index in [0.29, 0.717) is 38.3 Å². The zero-order valence-electron chi connectivity index (χ0n) is 17.9. The first-order chi connectivity index (χ1) is 16.4. The van der Waals surface area contributed by atoms with Crippen LogP contribution in [0.1, 0.15) is 11.1 Å². The first-order valence-electron chi connectivity index (χ1n) is 10.1. The first-order valence-corrected chi connectivity index (χ1v) is 11.7. The van der Waals surface area contributed by atoms with Crippen molar-refractivity contribution in [2.45, 2.75) is 6.61 Å². The number of anilines is 1. The summed E-state index contributed by atoms with van der Waals surface area (Å²) < 4.78 is 12.7. The van der Waals surface area contributed by atoms with Crippen LogP contribution in [0.3, 0.4) is 0 Å². The van der Waals surface area contributed by atoms with Crippen molar-refractivity contribution in [2.75, 3.05) is 12.0 Å². The predicted octanol–water partition coefficient (Wildman–Crippen LogP) is 5.47. The lowest BCUT2D eigenvalue weighted by molar-refractivity contribution is -0.122. The van der Waals surface area contributed by atoms with E-state index in [9.17, 15) is 14.4 Å². The van der Waals surface area contributed by atoms with Crippen LogP contribution < -0.4 is 19.7 Å². The van der Waals surface area contributed by atoms with Crippen LogP contribution in [0.4, 0.5) is 10.5 Å². The summed E-state index contributed by atoms with van der Waals surface area (Å²) in [5.74, 6) is -0.605. The van der Waals surface area contributed by atoms with Gasteiger partial charge in [0, 0.05) is 4.47 Å². The number of imide groups is 2. The van der Waals surface area contributed by atoms with Gasteiger partial charge >= 0.3 is 6.03 Å². The van der Waals surface area contributed by atoms with E-state index in [2.05, 4.69) is 37.2 Å². The summed E-state index contributed by atoms with van der Waals surface area (Å²) in [6.45, 7) is 0.334. The molecule has 1 aliphatic heterocycles. The van der Waals surface area contributed by atoms with Gasteiger partial charge in [-0.3, -0.25) is 14.9 Å². The predicted molar refractivity (Wildman–Crippen MR) is 135 cm³/mol. The van der Waals surface area contributed by atoms with Gasteiger partial charge in [0.2, 0.25) is 0 Å². The third kappa shape index (κ3) is 5.05.